The van der Waals surface area contributed by atoms with Gasteiger partial charge in [-0.1, -0.05) is 0 Å². The van der Waals surface area contributed by atoms with Crippen molar-refractivity contribution in [1.29, 1.82) is 0 Å². The number of pyridine rings is 1. The van der Waals surface area contributed by atoms with Crippen molar-refractivity contribution >= 4 is 28.6 Å². The molecule has 0 saturated carbocycles. The summed E-state index contributed by atoms with van der Waals surface area (Å²) in [6, 6.07) is 6.08. The second-order valence-electron chi connectivity index (χ2n) is 7.41. The van der Waals surface area contributed by atoms with Gasteiger partial charge in [0.25, 0.3) is 0 Å². The number of aromatic nitrogens is 1. The van der Waals surface area contributed by atoms with Crippen LogP contribution in [0.2, 0.25) is 0 Å². The molecule has 7 heteroatoms. The van der Waals surface area contributed by atoms with Crippen LogP contribution in [-0.2, 0) is 9.53 Å². The third kappa shape index (κ3) is 4.10. The van der Waals surface area contributed by atoms with Crippen molar-refractivity contribution < 1.29 is 14.3 Å². The Labute approximate surface area is 170 Å². The summed E-state index contributed by atoms with van der Waals surface area (Å²) in [7, 11) is 1.64. The van der Waals surface area contributed by atoms with Gasteiger partial charge in [0.2, 0.25) is 6.41 Å². The third-order valence-corrected chi connectivity index (χ3v) is 5.60. The van der Waals surface area contributed by atoms with Gasteiger partial charge in [-0.05, 0) is 36.4 Å². The van der Waals surface area contributed by atoms with E-state index in [4.69, 9.17) is 20.2 Å². The second kappa shape index (κ2) is 8.61. The topological polar surface area (TPSA) is 90.0 Å². The van der Waals surface area contributed by atoms with Crippen LogP contribution in [0.15, 0.2) is 41.2 Å². The zero-order valence-electron chi connectivity index (χ0n) is 16.6. The molecule has 2 N–H and O–H groups in total. The Morgan fingerprint density at radius 2 is 2.21 bits per heavy atom. The molecular formula is C22H26N4O3. The molecule has 0 radical (unpaired) electrons. The smallest absolute Gasteiger partial charge is 0.210 e. The van der Waals surface area contributed by atoms with Crippen molar-refractivity contribution in [3.05, 3.63) is 41.7 Å². The van der Waals surface area contributed by atoms with Gasteiger partial charge in [-0.25, -0.2) is 0 Å². The summed E-state index contributed by atoms with van der Waals surface area (Å²) in [6.07, 6.45) is 6.98. The lowest BCUT2D eigenvalue weighted by atomic mass is 9.94. The first-order valence-corrected chi connectivity index (χ1v) is 9.94. The number of rotatable bonds is 4. The van der Waals surface area contributed by atoms with Crippen LogP contribution in [0.1, 0.15) is 24.8 Å². The van der Waals surface area contributed by atoms with Gasteiger partial charge in [-0.3, -0.25) is 14.8 Å². The number of hydrogen-bond acceptors (Lipinski definition) is 6. The lowest BCUT2D eigenvalue weighted by Gasteiger charge is -2.30. The van der Waals surface area contributed by atoms with Crippen LogP contribution in [0.4, 0.5) is 0 Å². The molecule has 1 amide bonds. The number of amides is 1. The van der Waals surface area contributed by atoms with Gasteiger partial charge in [0, 0.05) is 73.0 Å². The van der Waals surface area contributed by atoms with E-state index in [2.05, 4.69) is 4.98 Å². The maximum absolute atomic E-state index is 11.5. The van der Waals surface area contributed by atoms with Crippen molar-refractivity contribution in [1.82, 2.24) is 9.88 Å². The Bertz CT molecular complexity index is 964. The Morgan fingerprint density at radius 3 is 2.97 bits per heavy atom. The van der Waals surface area contributed by atoms with Gasteiger partial charge >= 0.3 is 0 Å². The zero-order chi connectivity index (χ0) is 20.2. The standard InChI is InChI=1S/C22H26N4O3/c1-28-17-10-15-2-6-24-12-19(15)18(11-17)22(23)20-13-26(14-27)7-3-21(20)25-16-4-8-29-9-5-16/h2,6,10-12,14,16H,3-5,7-9,13,23H2,1H3. The summed E-state index contributed by atoms with van der Waals surface area (Å²) in [4.78, 5) is 22.5. The first-order chi connectivity index (χ1) is 14.2. The van der Waals surface area contributed by atoms with Gasteiger partial charge in [-0.15, -0.1) is 0 Å². The summed E-state index contributed by atoms with van der Waals surface area (Å²) in [5.41, 5.74) is 10.1. The molecule has 29 heavy (non-hydrogen) atoms. The van der Waals surface area contributed by atoms with E-state index in [-0.39, 0.29) is 6.04 Å². The first kappa shape index (κ1) is 19.4. The minimum absolute atomic E-state index is 0.244. The fraction of sp³-hybridized carbons (Fsp3) is 0.409. The van der Waals surface area contributed by atoms with Crippen LogP contribution < -0.4 is 10.5 Å². The van der Waals surface area contributed by atoms with Crippen molar-refractivity contribution in [2.75, 3.05) is 33.4 Å². The van der Waals surface area contributed by atoms with E-state index in [1.54, 1.807) is 18.2 Å². The van der Waals surface area contributed by atoms with E-state index in [1.807, 2.05) is 24.4 Å². The molecule has 0 spiro atoms. The molecule has 4 rings (SSSR count). The normalized spacial score (nSPS) is 21.4. The molecule has 2 aliphatic rings. The van der Waals surface area contributed by atoms with E-state index in [9.17, 15) is 4.79 Å². The third-order valence-electron chi connectivity index (χ3n) is 5.60. The van der Waals surface area contributed by atoms with Crippen LogP contribution in [-0.4, -0.2) is 61.5 Å². The van der Waals surface area contributed by atoms with Crippen molar-refractivity contribution in [2.45, 2.75) is 25.3 Å². The Hall–Kier alpha value is -2.93. The maximum Gasteiger partial charge on any atom is 0.210 e. The number of benzene rings is 1. The molecule has 1 aromatic carbocycles. The van der Waals surface area contributed by atoms with Gasteiger partial charge in [-0.2, -0.15) is 0 Å². The molecule has 0 aliphatic carbocycles. The average molecular weight is 394 g/mol. The van der Waals surface area contributed by atoms with Gasteiger partial charge < -0.3 is 20.1 Å². The molecule has 2 aromatic rings. The predicted octanol–water partition coefficient (Wildman–Crippen LogP) is 2.40. The number of likely N-dealkylation sites (tertiary alicyclic amines) is 1. The molecule has 0 bridgehead atoms. The summed E-state index contributed by atoms with van der Waals surface area (Å²) in [6.45, 7) is 2.59. The summed E-state index contributed by atoms with van der Waals surface area (Å²) in [5, 5.41) is 1.95. The van der Waals surface area contributed by atoms with Crippen LogP contribution in [0.25, 0.3) is 16.5 Å². The summed E-state index contributed by atoms with van der Waals surface area (Å²) in [5.74, 6) is 0.730. The number of piperidine rings is 1. The lowest BCUT2D eigenvalue weighted by molar-refractivity contribution is -0.117. The molecular weight excluding hydrogens is 368 g/mol. The SMILES string of the molecule is COc1cc(C(N)=C2CN(C=O)CCC2=NC2CCOCC2)c2cnccc2c1. The molecule has 7 nitrogen and oxygen atoms in total. The highest BCUT2D eigenvalue weighted by Gasteiger charge is 2.24. The number of fused-ring (bicyclic) bond motifs is 1. The summed E-state index contributed by atoms with van der Waals surface area (Å²) >= 11 is 0. The van der Waals surface area contributed by atoms with E-state index in [1.165, 1.54) is 0 Å². The Kier molecular flexibility index (Phi) is 5.76. The number of nitrogens with zero attached hydrogens (tertiary/aromatic N) is 3. The quantitative estimate of drug-likeness (QED) is 0.804. The number of carbonyl (C=O) groups excluding carboxylic acids is 1. The van der Waals surface area contributed by atoms with Crippen LogP contribution in [0.3, 0.4) is 0 Å². The number of methoxy groups -OCH3 is 1. The highest BCUT2D eigenvalue weighted by atomic mass is 16.5. The second-order valence-corrected chi connectivity index (χ2v) is 7.41. The molecule has 152 valence electrons. The number of aliphatic imine (C=N–C) groups is 1. The fourth-order valence-electron chi connectivity index (χ4n) is 3.96. The number of nitrogens with two attached hydrogens (primary N) is 1. The van der Waals surface area contributed by atoms with Crippen molar-refractivity contribution in [3.8, 4) is 5.75 Å². The molecule has 0 unspecified atom stereocenters. The maximum atomic E-state index is 11.5. The van der Waals surface area contributed by atoms with Crippen molar-refractivity contribution in [3.63, 3.8) is 0 Å². The van der Waals surface area contributed by atoms with Crippen LogP contribution >= 0.6 is 0 Å². The Morgan fingerprint density at radius 1 is 1.38 bits per heavy atom. The van der Waals surface area contributed by atoms with E-state index in [0.29, 0.717) is 25.2 Å². The molecule has 3 heterocycles. The first-order valence-electron chi connectivity index (χ1n) is 9.94. The minimum Gasteiger partial charge on any atom is -0.497 e. The largest absolute Gasteiger partial charge is 0.497 e. The van der Waals surface area contributed by atoms with E-state index < -0.39 is 0 Å². The zero-order valence-corrected chi connectivity index (χ0v) is 16.6. The lowest BCUT2D eigenvalue weighted by Crippen LogP contribution is -2.37. The van der Waals surface area contributed by atoms with Gasteiger partial charge in [0.1, 0.15) is 5.75 Å². The fourth-order valence-corrected chi connectivity index (χ4v) is 3.96. The summed E-state index contributed by atoms with van der Waals surface area (Å²) < 4.78 is 10.9. The van der Waals surface area contributed by atoms with E-state index >= 15 is 0 Å². The molecule has 1 aromatic heterocycles. The highest BCUT2D eigenvalue weighted by Crippen LogP contribution is 2.31. The molecule has 2 fully saturated rings. The molecule has 0 atom stereocenters. The number of carbonyl (C=O) groups is 1. The van der Waals surface area contributed by atoms with Gasteiger partial charge in [0.05, 0.1) is 13.2 Å². The van der Waals surface area contributed by atoms with Crippen LogP contribution in [0, 0.1) is 0 Å². The van der Waals surface area contributed by atoms with Gasteiger partial charge in [0.15, 0.2) is 0 Å². The van der Waals surface area contributed by atoms with Crippen molar-refractivity contribution in [2.24, 2.45) is 10.7 Å². The highest BCUT2D eigenvalue weighted by molar-refractivity contribution is 6.09. The monoisotopic (exact) mass is 394 g/mol. The minimum atomic E-state index is 0.244. The average Bonchev–Trinajstić information content (AvgIpc) is 2.78. The number of ether oxygens (including phenoxy) is 2. The molecule has 2 saturated heterocycles. The predicted molar refractivity (Wildman–Crippen MR) is 113 cm³/mol. The molecule has 2 aliphatic heterocycles. The Balaban J connectivity index is 1.83. The van der Waals surface area contributed by atoms with Crippen LogP contribution in [0.5, 0.6) is 5.75 Å². The number of hydrogen-bond donors (Lipinski definition) is 1. The van der Waals surface area contributed by atoms with E-state index in [0.717, 1.165) is 65.8 Å².